The van der Waals surface area contributed by atoms with E-state index >= 15 is 0 Å². The Morgan fingerprint density at radius 3 is 2.30 bits per heavy atom. The fourth-order valence-corrected chi connectivity index (χ4v) is 0.666. The number of hydrogen-bond acceptors (Lipinski definition) is 1. The van der Waals surface area contributed by atoms with Gasteiger partial charge >= 0.3 is 0 Å². The first-order chi connectivity index (χ1) is 4.59. The van der Waals surface area contributed by atoms with Crippen LogP contribution in [0.5, 0.6) is 0 Å². The van der Waals surface area contributed by atoms with Crippen molar-refractivity contribution in [3.05, 3.63) is 0 Å². The summed E-state index contributed by atoms with van der Waals surface area (Å²) in [5.41, 5.74) is 0. The van der Waals surface area contributed by atoms with Gasteiger partial charge in [-0.15, -0.1) is 5.92 Å². The van der Waals surface area contributed by atoms with E-state index in [0.29, 0.717) is 0 Å². The standard InChI is InChI=1S/C8H13NO/c1-5-6-7(2)8(10)9(3)4/h7H,1-4H3. The summed E-state index contributed by atoms with van der Waals surface area (Å²) >= 11 is 0. The number of carbonyl (C=O) groups is 1. The number of rotatable bonds is 1. The summed E-state index contributed by atoms with van der Waals surface area (Å²) in [6.07, 6.45) is 0. The van der Waals surface area contributed by atoms with Gasteiger partial charge < -0.3 is 4.90 Å². The molecule has 0 aliphatic rings. The highest BCUT2D eigenvalue weighted by Crippen LogP contribution is 1.95. The molecule has 0 aromatic heterocycles. The molecule has 0 spiro atoms. The van der Waals surface area contributed by atoms with Gasteiger partial charge in [-0.25, -0.2) is 0 Å². The molecule has 0 rings (SSSR count). The van der Waals surface area contributed by atoms with Crippen LogP contribution in [0.3, 0.4) is 0 Å². The summed E-state index contributed by atoms with van der Waals surface area (Å²) in [6, 6.07) is 0. The van der Waals surface area contributed by atoms with Gasteiger partial charge in [-0.3, -0.25) is 4.79 Å². The molecule has 0 radical (unpaired) electrons. The lowest BCUT2D eigenvalue weighted by Gasteiger charge is -2.11. The quantitative estimate of drug-likeness (QED) is 0.490. The van der Waals surface area contributed by atoms with Crippen LogP contribution in [0.25, 0.3) is 0 Å². The first-order valence-electron chi connectivity index (χ1n) is 3.23. The second kappa shape index (κ2) is 3.94. The molecule has 0 aliphatic heterocycles. The summed E-state index contributed by atoms with van der Waals surface area (Å²) in [5, 5.41) is 0. The summed E-state index contributed by atoms with van der Waals surface area (Å²) in [4.78, 5) is 12.6. The minimum absolute atomic E-state index is 0.0642. The van der Waals surface area contributed by atoms with Crippen LogP contribution in [0.15, 0.2) is 0 Å². The topological polar surface area (TPSA) is 20.3 Å². The minimum atomic E-state index is -0.167. The Morgan fingerprint density at radius 2 is 2.00 bits per heavy atom. The maximum Gasteiger partial charge on any atom is 0.236 e. The molecule has 56 valence electrons. The maximum absolute atomic E-state index is 11.1. The van der Waals surface area contributed by atoms with Crippen molar-refractivity contribution in [3.8, 4) is 11.8 Å². The zero-order chi connectivity index (χ0) is 8.15. The van der Waals surface area contributed by atoms with Crippen molar-refractivity contribution < 1.29 is 4.79 Å². The van der Waals surface area contributed by atoms with Gasteiger partial charge in [0.05, 0.1) is 5.92 Å². The molecule has 0 fully saturated rings. The average molecular weight is 139 g/mol. The third kappa shape index (κ3) is 2.54. The molecular formula is C8H13NO. The highest BCUT2D eigenvalue weighted by Gasteiger charge is 2.10. The lowest BCUT2D eigenvalue weighted by molar-refractivity contribution is -0.130. The van der Waals surface area contributed by atoms with Gasteiger partial charge in [-0.05, 0) is 13.8 Å². The van der Waals surface area contributed by atoms with E-state index in [1.165, 1.54) is 0 Å². The second-order valence-corrected chi connectivity index (χ2v) is 2.35. The number of hydrogen-bond donors (Lipinski definition) is 0. The van der Waals surface area contributed by atoms with Crippen molar-refractivity contribution in [1.29, 1.82) is 0 Å². The Kier molecular flexibility index (Phi) is 3.56. The van der Waals surface area contributed by atoms with Gasteiger partial charge in [-0.1, -0.05) is 5.92 Å². The average Bonchev–Trinajstić information content (AvgIpc) is 1.87. The van der Waals surface area contributed by atoms with Crippen LogP contribution in [0, 0.1) is 17.8 Å². The molecule has 0 saturated carbocycles. The van der Waals surface area contributed by atoms with Gasteiger partial charge in [0.25, 0.3) is 0 Å². The molecule has 0 heterocycles. The Hall–Kier alpha value is -0.970. The van der Waals surface area contributed by atoms with Crippen LogP contribution in [0.1, 0.15) is 13.8 Å². The van der Waals surface area contributed by atoms with E-state index in [2.05, 4.69) is 11.8 Å². The lowest BCUT2D eigenvalue weighted by atomic mass is 10.1. The minimum Gasteiger partial charge on any atom is -0.348 e. The Balaban J connectivity index is 4.04. The third-order valence-corrected chi connectivity index (χ3v) is 1.17. The Morgan fingerprint density at radius 1 is 1.50 bits per heavy atom. The molecule has 1 amide bonds. The molecule has 0 saturated heterocycles. The van der Waals surface area contributed by atoms with Crippen molar-refractivity contribution in [2.45, 2.75) is 13.8 Å². The van der Waals surface area contributed by atoms with E-state index in [1.54, 1.807) is 32.8 Å². The molecule has 1 unspecified atom stereocenters. The van der Waals surface area contributed by atoms with Crippen LogP contribution in [-0.4, -0.2) is 24.9 Å². The van der Waals surface area contributed by atoms with Crippen LogP contribution >= 0.6 is 0 Å². The van der Waals surface area contributed by atoms with Crippen molar-refractivity contribution in [1.82, 2.24) is 4.90 Å². The van der Waals surface area contributed by atoms with E-state index in [-0.39, 0.29) is 11.8 Å². The van der Waals surface area contributed by atoms with Gasteiger partial charge in [0.15, 0.2) is 0 Å². The van der Waals surface area contributed by atoms with Gasteiger partial charge in [0.1, 0.15) is 0 Å². The monoisotopic (exact) mass is 139 g/mol. The number of carbonyl (C=O) groups excluding carboxylic acids is 1. The van der Waals surface area contributed by atoms with Crippen molar-refractivity contribution >= 4 is 5.91 Å². The van der Waals surface area contributed by atoms with Crippen molar-refractivity contribution in [2.24, 2.45) is 5.92 Å². The highest BCUT2D eigenvalue weighted by atomic mass is 16.2. The predicted octanol–water partition coefficient (Wildman–Crippen LogP) is 0.734. The fourth-order valence-electron chi connectivity index (χ4n) is 0.666. The van der Waals surface area contributed by atoms with Crippen molar-refractivity contribution in [3.63, 3.8) is 0 Å². The van der Waals surface area contributed by atoms with Gasteiger partial charge in [-0.2, -0.15) is 0 Å². The number of amides is 1. The summed E-state index contributed by atoms with van der Waals surface area (Å²) < 4.78 is 0. The summed E-state index contributed by atoms with van der Waals surface area (Å²) in [6.45, 7) is 3.54. The molecule has 10 heavy (non-hydrogen) atoms. The molecule has 0 N–H and O–H groups in total. The fraction of sp³-hybridized carbons (Fsp3) is 0.625. The third-order valence-electron chi connectivity index (χ3n) is 1.17. The molecule has 0 bridgehead atoms. The predicted molar refractivity (Wildman–Crippen MR) is 41.3 cm³/mol. The first kappa shape index (κ1) is 9.03. The molecule has 2 heteroatoms. The first-order valence-corrected chi connectivity index (χ1v) is 3.23. The van der Waals surface area contributed by atoms with Gasteiger partial charge in [0, 0.05) is 14.1 Å². The summed E-state index contributed by atoms with van der Waals surface area (Å²) in [5.74, 6) is 5.39. The zero-order valence-corrected chi connectivity index (χ0v) is 6.93. The maximum atomic E-state index is 11.1. The normalized spacial score (nSPS) is 11.2. The van der Waals surface area contributed by atoms with Crippen LogP contribution in [-0.2, 0) is 4.79 Å². The van der Waals surface area contributed by atoms with Gasteiger partial charge in [0.2, 0.25) is 5.91 Å². The van der Waals surface area contributed by atoms with E-state index in [9.17, 15) is 4.79 Å². The molecule has 0 aromatic carbocycles. The second-order valence-electron chi connectivity index (χ2n) is 2.35. The molecule has 0 aliphatic carbocycles. The molecule has 0 aromatic rings. The SMILES string of the molecule is CC#CC(C)C(=O)N(C)C. The Bertz CT molecular complexity index is 173. The van der Waals surface area contributed by atoms with Crippen LogP contribution in [0.2, 0.25) is 0 Å². The van der Waals surface area contributed by atoms with Crippen molar-refractivity contribution in [2.75, 3.05) is 14.1 Å². The Labute approximate surface area is 62.2 Å². The van der Waals surface area contributed by atoms with E-state index in [4.69, 9.17) is 0 Å². The molecule has 1 atom stereocenters. The van der Waals surface area contributed by atoms with Crippen LogP contribution in [0.4, 0.5) is 0 Å². The van der Waals surface area contributed by atoms with E-state index in [0.717, 1.165) is 0 Å². The van der Waals surface area contributed by atoms with E-state index < -0.39 is 0 Å². The zero-order valence-electron chi connectivity index (χ0n) is 6.93. The number of nitrogens with zero attached hydrogens (tertiary/aromatic N) is 1. The largest absolute Gasteiger partial charge is 0.348 e. The lowest BCUT2D eigenvalue weighted by Crippen LogP contribution is -2.26. The van der Waals surface area contributed by atoms with E-state index in [1.807, 2.05) is 0 Å². The van der Waals surface area contributed by atoms with Crippen LogP contribution < -0.4 is 0 Å². The molecule has 2 nitrogen and oxygen atoms in total. The smallest absolute Gasteiger partial charge is 0.236 e. The summed E-state index contributed by atoms with van der Waals surface area (Å²) in [7, 11) is 3.46. The highest BCUT2D eigenvalue weighted by molar-refractivity contribution is 5.80. The molecular weight excluding hydrogens is 126 g/mol.